The van der Waals surface area contributed by atoms with Crippen LogP contribution in [-0.4, -0.2) is 15.5 Å². The molecule has 6 heteroatoms. The van der Waals surface area contributed by atoms with Crippen molar-refractivity contribution in [2.75, 3.05) is 0 Å². The van der Waals surface area contributed by atoms with Crippen molar-refractivity contribution in [2.45, 2.75) is 13.5 Å². The minimum absolute atomic E-state index is 0.232. The molecule has 0 saturated heterocycles. The Morgan fingerprint density at radius 1 is 1.37 bits per heavy atom. The Hall–Kier alpha value is -1.52. The number of aryl methyl sites for hydroxylation is 1. The predicted molar refractivity (Wildman–Crippen MR) is 76.7 cm³/mol. The highest BCUT2D eigenvalue weighted by atomic mass is 35.5. The fourth-order valence-electron chi connectivity index (χ4n) is 1.52. The first-order chi connectivity index (χ1) is 9.08. The van der Waals surface area contributed by atoms with Crippen LogP contribution in [0.15, 0.2) is 35.7 Å². The lowest BCUT2D eigenvalue weighted by Crippen LogP contribution is -1.96. The van der Waals surface area contributed by atoms with Crippen LogP contribution in [-0.2, 0) is 18.5 Å². The Bertz CT molecular complexity index is 587. The smallest absolute Gasteiger partial charge is 0.145 e. The number of halogens is 2. The van der Waals surface area contributed by atoms with Gasteiger partial charge in [0.25, 0.3) is 0 Å². The van der Waals surface area contributed by atoms with Crippen LogP contribution >= 0.6 is 23.2 Å². The average molecular weight is 298 g/mol. The molecule has 0 unspecified atom stereocenters. The Morgan fingerprint density at radius 2 is 2.05 bits per heavy atom. The molecule has 0 saturated carbocycles. The van der Waals surface area contributed by atoms with Crippen LogP contribution in [0, 0.1) is 0 Å². The third kappa shape index (κ3) is 3.49. The van der Waals surface area contributed by atoms with Crippen molar-refractivity contribution in [1.29, 1.82) is 0 Å². The van der Waals surface area contributed by atoms with Crippen LogP contribution in [0.3, 0.4) is 0 Å². The zero-order chi connectivity index (χ0) is 13.8. The molecule has 0 N–H and O–H groups in total. The van der Waals surface area contributed by atoms with Gasteiger partial charge in [-0.1, -0.05) is 34.4 Å². The van der Waals surface area contributed by atoms with E-state index in [1.807, 2.05) is 20.2 Å². The van der Waals surface area contributed by atoms with Gasteiger partial charge in [-0.05, 0) is 19.1 Å². The Balaban J connectivity index is 2.03. The number of oxime groups is 1. The maximum absolute atomic E-state index is 6.04. The van der Waals surface area contributed by atoms with Gasteiger partial charge in [0.2, 0.25) is 0 Å². The Kier molecular flexibility index (Phi) is 4.45. The molecule has 0 radical (unpaired) electrons. The monoisotopic (exact) mass is 297 g/mol. The molecular weight excluding hydrogens is 285 g/mol. The van der Waals surface area contributed by atoms with Gasteiger partial charge in [-0.25, -0.2) is 0 Å². The van der Waals surface area contributed by atoms with Crippen molar-refractivity contribution in [3.63, 3.8) is 0 Å². The fourth-order valence-corrected chi connectivity index (χ4v) is 2.03. The molecule has 0 aliphatic carbocycles. The number of benzene rings is 1. The van der Waals surface area contributed by atoms with Gasteiger partial charge < -0.3 is 4.84 Å². The number of hydrogen-bond donors (Lipinski definition) is 0. The maximum Gasteiger partial charge on any atom is 0.145 e. The molecular formula is C13H13Cl2N3O. The van der Waals surface area contributed by atoms with Gasteiger partial charge in [0.05, 0.1) is 11.9 Å². The first-order valence-corrected chi connectivity index (χ1v) is 6.42. The molecule has 19 heavy (non-hydrogen) atoms. The summed E-state index contributed by atoms with van der Waals surface area (Å²) in [6.07, 6.45) is 3.59. The molecule has 0 aliphatic heterocycles. The van der Waals surface area contributed by atoms with Gasteiger partial charge in [0.15, 0.2) is 0 Å². The number of aromatic nitrogens is 2. The third-order valence-corrected chi connectivity index (χ3v) is 3.30. The lowest BCUT2D eigenvalue weighted by atomic mass is 10.2. The Labute approximate surface area is 121 Å². The molecule has 0 atom stereocenters. The number of rotatable bonds is 4. The van der Waals surface area contributed by atoms with Gasteiger partial charge >= 0.3 is 0 Å². The first-order valence-electron chi connectivity index (χ1n) is 5.66. The molecule has 2 aromatic rings. The highest BCUT2D eigenvalue weighted by molar-refractivity contribution is 6.35. The summed E-state index contributed by atoms with van der Waals surface area (Å²) in [4.78, 5) is 5.29. The molecule has 0 amide bonds. The van der Waals surface area contributed by atoms with Crippen molar-refractivity contribution in [3.8, 4) is 0 Å². The minimum atomic E-state index is 0.232. The molecule has 0 bridgehead atoms. The maximum atomic E-state index is 6.04. The molecule has 0 aliphatic rings. The van der Waals surface area contributed by atoms with Crippen molar-refractivity contribution < 1.29 is 4.84 Å². The fraction of sp³-hybridized carbons (Fsp3) is 0.231. The third-order valence-electron chi connectivity index (χ3n) is 2.59. The highest BCUT2D eigenvalue weighted by Crippen LogP contribution is 2.24. The number of hydrogen-bond acceptors (Lipinski definition) is 3. The van der Waals surface area contributed by atoms with E-state index in [0.717, 1.165) is 16.8 Å². The van der Waals surface area contributed by atoms with E-state index in [2.05, 4.69) is 10.3 Å². The van der Waals surface area contributed by atoms with E-state index >= 15 is 0 Å². The topological polar surface area (TPSA) is 39.4 Å². The van der Waals surface area contributed by atoms with E-state index in [9.17, 15) is 0 Å². The van der Waals surface area contributed by atoms with Crippen LogP contribution in [0.1, 0.15) is 18.1 Å². The number of nitrogens with zero attached hydrogens (tertiary/aromatic N) is 3. The van der Waals surface area contributed by atoms with Gasteiger partial charge in [-0.15, -0.1) is 0 Å². The van der Waals surface area contributed by atoms with Gasteiger partial charge in [0.1, 0.15) is 6.61 Å². The summed E-state index contributed by atoms with van der Waals surface area (Å²) < 4.78 is 1.71. The molecule has 100 valence electrons. The van der Waals surface area contributed by atoms with Crippen molar-refractivity contribution >= 4 is 28.9 Å². The molecule has 0 fully saturated rings. The summed E-state index contributed by atoms with van der Waals surface area (Å²) in [5, 5.41) is 9.24. The average Bonchev–Trinajstić information content (AvgIpc) is 2.79. The lowest BCUT2D eigenvalue weighted by Gasteiger charge is -2.05. The van der Waals surface area contributed by atoms with Gasteiger partial charge in [-0.3, -0.25) is 4.68 Å². The molecule has 4 nitrogen and oxygen atoms in total. The molecule has 1 heterocycles. The zero-order valence-corrected chi connectivity index (χ0v) is 12.1. The van der Waals surface area contributed by atoms with Crippen LogP contribution in [0.25, 0.3) is 0 Å². The zero-order valence-electron chi connectivity index (χ0n) is 10.6. The lowest BCUT2D eigenvalue weighted by molar-refractivity contribution is 0.130. The van der Waals surface area contributed by atoms with Crippen LogP contribution in [0.2, 0.25) is 10.0 Å². The largest absolute Gasteiger partial charge is 0.391 e. The summed E-state index contributed by atoms with van der Waals surface area (Å²) in [6.45, 7) is 2.08. The van der Waals surface area contributed by atoms with Crippen molar-refractivity contribution in [2.24, 2.45) is 12.2 Å². The summed E-state index contributed by atoms with van der Waals surface area (Å²) >= 11 is 12.1. The van der Waals surface area contributed by atoms with Crippen molar-refractivity contribution in [3.05, 3.63) is 51.8 Å². The Morgan fingerprint density at radius 3 is 2.63 bits per heavy atom. The second kappa shape index (κ2) is 6.08. The summed E-state index contributed by atoms with van der Waals surface area (Å²) in [6, 6.07) is 5.33. The summed E-state index contributed by atoms with van der Waals surface area (Å²) in [7, 11) is 1.85. The second-order valence-electron chi connectivity index (χ2n) is 4.05. The van der Waals surface area contributed by atoms with Crippen LogP contribution in [0.4, 0.5) is 0 Å². The first kappa shape index (κ1) is 13.9. The van der Waals surface area contributed by atoms with Crippen LogP contribution < -0.4 is 0 Å². The van der Waals surface area contributed by atoms with Crippen molar-refractivity contribution in [1.82, 2.24) is 9.78 Å². The van der Waals surface area contributed by atoms with Crippen LogP contribution in [0.5, 0.6) is 0 Å². The minimum Gasteiger partial charge on any atom is -0.391 e. The van der Waals surface area contributed by atoms with E-state index in [4.69, 9.17) is 28.0 Å². The summed E-state index contributed by atoms with van der Waals surface area (Å²) in [5.74, 6) is 0. The van der Waals surface area contributed by atoms with E-state index in [-0.39, 0.29) is 6.61 Å². The second-order valence-corrected chi connectivity index (χ2v) is 4.87. The van der Waals surface area contributed by atoms with E-state index in [1.54, 1.807) is 29.1 Å². The van der Waals surface area contributed by atoms with Gasteiger partial charge in [0, 0.05) is 34.4 Å². The summed E-state index contributed by atoms with van der Waals surface area (Å²) in [5.41, 5.74) is 2.39. The standard InChI is InChI=1S/C13H13Cl2N3O/c1-9(10-6-16-18(2)7-10)17-19-8-11-12(14)4-3-5-13(11)15/h3-7H,8H2,1-2H3. The SMILES string of the molecule is CC(=NOCc1c(Cl)cccc1Cl)c1cnn(C)c1. The van der Waals surface area contributed by atoms with E-state index < -0.39 is 0 Å². The quantitative estimate of drug-likeness (QED) is 0.638. The van der Waals surface area contributed by atoms with E-state index in [0.29, 0.717) is 10.0 Å². The normalized spacial score (nSPS) is 11.7. The van der Waals surface area contributed by atoms with Gasteiger partial charge in [-0.2, -0.15) is 5.10 Å². The predicted octanol–water partition coefficient (Wildman–Crippen LogP) is 3.67. The highest BCUT2D eigenvalue weighted by Gasteiger charge is 2.06. The molecule has 2 rings (SSSR count). The molecule has 0 spiro atoms. The molecule has 1 aromatic carbocycles. The molecule has 1 aromatic heterocycles. The van der Waals surface area contributed by atoms with E-state index in [1.165, 1.54) is 0 Å².